The first-order valence-corrected chi connectivity index (χ1v) is 14.2. The number of rotatable bonds is 3. The fourth-order valence-corrected chi connectivity index (χ4v) is 8.60. The van der Waals surface area contributed by atoms with E-state index in [-0.39, 0.29) is 10.8 Å². The second kappa shape index (κ2) is 8.99. The van der Waals surface area contributed by atoms with Crippen molar-refractivity contribution in [2.45, 2.75) is 89.8 Å². The van der Waals surface area contributed by atoms with E-state index < -0.39 is 11.2 Å². The molecule has 0 spiro atoms. The number of fused-ring (bicyclic) bond motifs is 5. The molecule has 4 nitrogen and oxygen atoms in total. The minimum atomic E-state index is -1.03. The second-order valence-electron chi connectivity index (χ2n) is 13.5. The van der Waals surface area contributed by atoms with E-state index in [4.69, 9.17) is 4.74 Å². The van der Waals surface area contributed by atoms with Crippen LogP contribution in [0.15, 0.2) is 35.9 Å². The molecular weight excluding hydrogens is 458 g/mol. The molecule has 200 valence electrons. The molecule has 0 radical (unpaired) electrons. The molecule has 5 rings (SSSR count). The van der Waals surface area contributed by atoms with Crippen LogP contribution in [0.2, 0.25) is 0 Å². The monoisotopic (exact) mass is 503 g/mol. The average Bonchev–Trinajstić information content (AvgIpc) is 3.13. The number of anilines is 1. The Balaban J connectivity index is 1.62. The standard InChI is InChI=1S/C33H45NO3/c1-30(2,37-7)18-19-33(36)17-15-28-26-13-10-23-20-25(35)14-16-31(23,3)29(26)27(21-32(28,33)4)22-8-11-24(12-9-22)34(5)6/h8-9,11-12,20,26-29,36H,10,13-17,21H2,1-7H3/t26-,27+,28-,29+,31-,32-,33+/m0/s1. The highest BCUT2D eigenvalue weighted by Gasteiger charge is 2.66. The van der Waals surface area contributed by atoms with Crippen molar-refractivity contribution >= 4 is 11.5 Å². The number of hydrogen-bond donors (Lipinski definition) is 1. The molecular formula is C33H45NO3. The third-order valence-corrected chi connectivity index (χ3v) is 11.0. The largest absolute Gasteiger partial charge is 0.378 e. The Morgan fingerprint density at radius 1 is 1.08 bits per heavy atom. The van der Waals surface area contributed by atoms with Crippen LogP contribution in [0.5, 0.6) is 0 Å². The molecule has 3 fully saturated rings. The average molecular weight is 504 g/mol. The molecule has 4 aliphatic rings. The fraction of sp³-hybridized carbons (Fsp3) is 0.667. The molecule has 1 aromatic carbocycles. The van der Waals surface area contributed by atoms with Crippen molar-refractivity contribution in [1.82, 2.24) is 0 Å². The molecule has 4 heteroatoms. The summed E-state index contributed by atoms with van der Waals surface area (Å²) in [6.07, 6.45) is 8.32. The molecule has 37 heavy (non-hydrogen) atoms. The Kier molecular flexibility index (Phi) is 6.44. The van der Waals surface area contributed by atoms with Gasteiger partial charge in [-0.3, -0.25) is 4.79 Å². The van der Waals surface area contributed by atoms with Crippen LogP contribution >= 0.6 is 0 Å². The van der Waals surface area contributed by atoms with E-state index >= 15 is 0 Å². The van der Waals surface area contributed by atoms with Crippen LogP contribution in [-0.2, 0) is 9.53 Å². The van der Waals surface area contributed by atoms with Gasteiger partial charge < -0.3 is 14.7 Å². The lowest BCUT2D eigenvalue weighted by Crippen LogP contribution is -2.57. The lowest BCUT2D eigenvalue weighted by Gasteiger charge is -2.61. The van der Waals surface area contributed by atoms with Gasteiger partial charge >= 0.3 is 0 Å². The summed E-state index contributed by atoms with van der Waals surface area (Å²) in [5, 5.41) is 12.2. The summed E-state index contributed by atoms with van der Waals surface area (Å²) in [7, 11) is 5.84. The number of carbonyl (C=O) groups excluding carboxylic acids is 1. The summed E-state index contributed by atoms with van der Waals surface area (Å²) in [6, 6.07) is 9.08. The Hall–Kier alpha value is -2.09. The van der Waals surface area contributed by atoms with Gasteiger partial charge in [0.2, 0.25) is 0 Å². The number of carbonyl (C=O) groups is 1. The van der Waals surface area contributed by atoms with Gasteiger partial charge in [0.25, 0.3) is 0 Å². The van der Waals surface area contributed by atoms with E-state index in [0.717, 1.165) is 32.1 Å². The second-order valence-corrected chi connectivity index (χ2v) is 13.5. The van der Waals surface area contributed by atoms with Crippen LogP contribution in [0.4, 0.5) is 5.69 Å². The number of ether oxygens (including phenoxy) is 1. The van der Waals surface area contributed by atoms with Crippen LogP contribution < -0.4 is 4.90 Å². The maximum absolute atomic E-state index is 12.4. The first-order valence-electron chi connectivity index (χ1n) is 14.2. The predicted octanol–water partition coefficient (Wildman–Crippen LogP) is 6.14. The molecule has 0 unspecified atom stereocenters. The van der Waals surface area contributed by atoms with Gasteiger partial charge in [0.05, 0.1) is 0 Å². The van der Waals surface area contributed by atoms with Crippen molar-refractivity contribution in [3.8, 4) is 11.8 Å². The van der Waals surface area contributed by atoms with Gasteiger partial charge in [-0.05, 0) is 105 Å². The molecule has 0 amide bonds. The Labute approximate surface area is 223 Å². The predicted molar refractivity (Wildman–Crippen MR) is 149 cm³/mol. The Bertz CT molecular complexity index is 1150. The summed E-state index contributed by atoms with van der Waals surface area (Å²) in [4.78, 5) is 14.6. The van der Waals surface area contributed by atoms with Crippen molar-refractivity contribution < 1.29 is 14.6 Å². The molecule has 7 atom stereocenters. The molecule has 1 N–H and O–H groups in total. The number of methoxy groups -OCH3 is 1. The van der Waals surface area contributed by atoms with Crippen LogP contribution in [-0.4, -0.2) is 43.3 Å². The molecule has 3 saturated carbocycles. The maximum Gasteiger partial charge on any atom is 0.155 e. The lowest BCUT2D eigenvalue weighted by atomic mass is 9.43. The highest BCUT2D eigenvalue weighted by atomic mass is 16.5. The number of allylic oxidation sites excluding steroid dienone is 1. The van der Waals surface area contributed by atoms with E-state index in [1.54, 1.807) is 7.11 Å². The van der Waals surface area contributed by atoms with Gasteiger partial charge in [0, 0.05) is 38.7 Å². The smallest absolute Gasteiger partial charge is 0.155 e. The van der Waals surface area contributed by atoms with E-state index in [1.807, 2.05) is 19.9 Å². The zero-order valence-electron chi connectivity index (χ0n) is 23.9. The summed E-state index contributed by atoms with van der Waals surface area (Å²) in [6.45, 7) is 8.68. The molecule has 0 aliphatic heterocycles. The third kappa shape index (κ3) is 4.18. The van der Waals surface area contributed by atoms with Gasteiger partial charge in [0.15, 0.2) is 5.78 Å². The number of ketones is 1. The van der Waals surface area contributed by atoms with Gasteiger partial charge in [0.1, 0.15) is 11.2 Å². The first-order chi connectivity index (χ1) is 17.3. The van der Waals surface area contributed by atoms with Gasteiger partial charge in [-0.25, -0.2) is 0 Å². The molecule has 0 saturated heterocycles. The zero-order chi connectivity index (χ0) is 26.8. The minimum absolute atomic E-state index is 0.0352. The summed E-state index contributed by atoms with van der Waals surface area (Å²) < 4.78 is 5.58. The van der Waals surface area contributed by atoms with Crippen LogP contribution in [0.3, 0.4) is 0 Å². The highest BCUT2D eigenvalue weighted by molar-refractivity contribution is 5.91. The molecule has 4 aliphatic carbocycles. The molecule has 1 aromatic rings. The van der Waals surface area contributed by atoms with Gasteiger partial charge in [-0.1, -0.05) is 43.4 Å². The summed E-state index contributed by atoms with van der Waals surface area (Å²) in [5.41, 5.74) is 2.06. The van der Waals surface area contributed by atoms with E-state index in [0.29, 0.717) is 42.3 Å². The van der Waals surface area contributed by atoms with Gasteiger partial charge in [-0.2, -0.15) is 0 Å². The highest BCUT2D eigenvalue weighted by Crippen LogP contribution is 2.70. The number of benzene rings is 1. The number of nitrogens with zero attached hydrogens (tertiary/aromatic N) is 1. The number of hydrogen-bond acceptors (Lipinski definition) is 4. The fourth-order valence-electron chi connectivity index (χ4n) is 8.60. The topological polar surface area (TPSA) is 49.8 Å². The quantitative estimate of drug-likeness (QED) is 0.504. The Morgan fingerprint density at radius 3 is 2.43 bits per heavy atom. The Morgan fingerprint density at radius 2 is 1.78 bits per heavy atom. The zero-order valence-corrected chi connectivity index (χ0v) is 23.9. The molecule has 0 aromatic heterocycles. The normalized spacial score (nSPS) is 39.0. The number of aliphatic hydroxyl groups is 1. The van der Waals surface area contributed by atoms with Crippen LogP contribution in [0.25, 0.3) is 0 Å². The third-order valence-electron chi connectivity index (χ3n) is 11.0. The van der Waals surface area contributed by atoms with Crippen LogP contribution in [0.1, 0.15) is 84.1 Å². The van der Waals surface area contributed by atoms with Gasteiger partial charge in [-0.15, -0.1) is 0 Å². The first kappa shape index (κ1) is 26.5. The molecule has 0 heterocycles. The minimum Gasteiger partial charge on any atom is -0.378 e. The van der Waals surface area contributed by atoms with Crippen molar-refractivity contribution in [2.75, 3.05) is 26.1 Å². The summed E-state index contributed by atoms with van der Waals surface area (Å²) in [5.74, 6) is 8.66. The summed E-state index contributed by atoms with van der Waals surface area (Å²) >= 11 is 0. The van der Waals surface area contributed by atoms with Crippen LogP contribution in [0, 0.1) is 40.4 Å². The van der Waals surface area contributed by atoms with Crippen molar-refractivity contribution in [2.24, 2.45) is 28.6 Å². The van der Waals surface area contributed by atoms with Crippen molar-refractivity contribution in [1.29, 1.82) is 0 Å². The molecule has 0 bridgehead atoms. The lowest BCUT2D eigenvalue weighted by molar-refractivity contribution is -0.122. The van der Waals surface area contributed by atoms with E-state index in [2.05, 4.69) is 68.9 Å². The van der Waals surface area contributed by atoms with Crippen molar-refractivity contribution in [3.63, 3.8) is 0 Å². The van der Waals surface area contributed by atoms with E-state index in [1.165, 1.54) is 16.8 Å². The van der Waals surface area contributed by atoms with Crippen molar-refractivity contribution in [3.05, 3.63) is 41.5 Å². The maximum atomic E-state index is 12.4. The SMILES string of the molecule is COC(C)(C)C#C[C@]1(O)CC[C@H]2[C@@H]3CCC4=CC(=O)CC[C@]4(C)[C@H]3[C@@H](c3ccc(N(C)C)cc3)C[C@@]21C. The van der Waals surface area contributed by atoms with E-state index in [9.17, 15) is 9.90 Å².